The molecule has 0 radical (unpaired) electrons. The van der Waals surface area contributed by atoms with E-state index < -0.39 is 11.7 Å². The van der Waals surface area contributed by atoms with Crippen molar-refractivity contribution in [2.24, 2.45) is 10.9 Å². The topological polar surface area (TPSA) is 80.7 Å². The molecule has 1 aromatic heterocycles. The Morgan fingerprint density at radius 3 is 2.68 bits per heavy atom. The molecule has 1 aromatic carbocycles. The van der Waals surface area contributed by atoms with E-state index >= 15 is 0 Å². The third-order valence-electron chi connectivity index (χ3n) is 2.61. The molecule has 0 unspecified atom stereocenters. The summed E-state index contributed by atoms with van der Waals surface area (Å²) in [4.78, 5) is 3.75. The van der Waals surface area contributed by atoms with Crippen LogP contribution in [0.25, 0.3) is 0 Å². The standard InChI is InChI=1S/C13H9ClF3N3O2/c14-11-5-9(12(18)20-21)10(6-19-11)22-8-3-1-2-7(4-8)13(15,16)17/h1-6,21H,(H2,18,20). The van der Waals surface area contributed by atoms with Crippen LogP contribution in [0, 0.1) is 0 Å². The summed E-state index contributed by atoms with van der Waals surface area (Å²) >= 11 is 5.70. The van der Waals surface area contributed by atoms with Crippen molar-refractivity contribution in [2.75, 3.05) is 0 Å². The quantitative estimate of drug-likeness (QED) is 0.296. The van der Waals surface area contributed by atoms with Gasteiger partial charge in [-0.3, -0.25) is 0 Å². The maximum Gasteiger partial charge on any atom is 0.416 e. The summed E-state index contributed by atoms with van der Waals surface area (Å²) in [6.07, 6.45) is -3.33. The Kier molecular flexibility index (Phi) is 4.41. The van der Waals surface area contributed by atoms with Gasteiger partial charge in [0, 0.05) is 0 Å². The van der Waals surface area contributed by atoms with Crippen molar-refractivity contribution in [3.8, 4) is 11.5 Å². The SMILES string of the molecule is NC(=NO)c1cc(Cl)ncc1Oc1cccc(C(F)(F)F)c1. The minimum atomic E-state index is -4.49. The van der Waals surface area contributed by atoms with Crippen LogP contribution in [0.15, 0.2) is 41.7 Å². The van der Waals surface area contributed by atoms with Crippen molar-refractivity contribution in [1.29, 1.82) is 0 Å². The molecule has 116 valence electrons. The van der Waals surface area contributed by atoms with Crippen LogP contribution < -0.4 is 10.5 Å². The van der Waals surface area contributed by atoms with Gasteiger partial charge in [-0.25, -0.2) is 4.98 Å². The molecule has 0 bridgehead atoms. The van der Waals surface area contributed by atoms with Crippen molar-refractivity contribution in [3.05, 3.63) is 52.8 Å². The number of rotatable bonds is 3. The molecule has 0 atom stereocenters. The number of benzene rings is 1. The molecule has 0 amide bonds. The number of amidine groups is 1. The van der Waals surface area contributed by atoms with Gasteiger partial charge in [-0.15, -0.1) is 0 Å². The third-order valence-corrected chi connectivity index (χ3v) is 2.81. The molecule has 9 heteroatoms. The lowest BCUT2D eigenvalue weighted by Crippen LogP contribution is -2.14. The number of hydrogen-bond donors (Lipinski definition) is 2. The molecule has 0 saturated heterocycles. The predicted molar refractivity (Wildman–Crippen MR) is 73.3 cm³/mol. The van der Waals surface area contributed by atoms with Gasteiger partial charge >= 0.3 is 6.18 Å². The minimum Gasteiger partial charge on any atom is -0.455 e. The van der Waals surface area contributed by atoms with Crippen LogP contribution in [0.1, 0.15) is 11.1 Å². The Hall–Kier alpha value is -2.48. The fraction of sp³-hybridized carbons (Fsp3) is 0.0769. The Morgan fingerprint density at radius 2 is 2.05 bits per heavy atom. The average Bonchev–Trinajstić information content (AvgIpc) is 2.47. The number of oxime groups is 1. The number of hydrogen-bond acceptors (Lipinski definition) is 4. The van der Waals surface area contributed by atoms with E-state index in [4.69, 9.17) is 27.3 Å². The van der Waals surface area contributed by atoms with Crippen molar-refractivity contribution < 1.29 is 23.1 Å². The van der Waals surface area contributed by atoms with Crippen LogP contribution in [0.3, 0.4) is 0 Å². The number of nitrogens with two attached hydrogens (primary N) is 1. The highest BCUT2D eigenvalue weighted by molar-refractivity contribution is 6.29. The van der Waals surface area contributed by atoms with Gasteiger partial charge in [-0.05, 0) is 24.3 Å². The summed E-state index contributed by atoms with van der Waals surface area (Å²) in [5.41, 5.74) is 4.70. The molecule has 5 nitrogen and oxygen atoms in total. The largest absolute Gasteiger partial charge is 0.455 e. The van der Waals surface area contributed by atoms with Crippen LogP contribution >= 0.6 is 11.6 Å². The Bertz CT molecular complexity index is 720. The Labute approximate surface area is 127 Å². The Morgan fingerprint density at radius 1 is 1.32 bits per heavy atom. The van der Waals surface area contributed by atoms with E-state index in [0.29, 0.717) is 0 Å². The molecule has 1 heterocycles. The molecule has 2 rings (SSSR count). The van der Waals surface area contributed by atoms with Gasteiger partial charge in [0.15, 0.2) is 11.6 Å². The van der Waals surface area contributed by atoms with Crippen molar-refractivity contribution >= 4 is 17.4 Å². The third kappa shape index (κ3) is 3.59. The molecule has 22 heavy (non-hydrogen) atoms. The molecular formula is C13H9ClF3N3O2. The number of alkyl halides is 3. The van der Waals surface area contributed by atoms with Gasteiger partial charge in [0.1, 0.15) is 10.9 Å². The van der Waals surface area contributed by atoms with Crippen molar-refractivity contribution in [2.45, 2.75) is 6.18 Å². The molecule has 2 aromatic rings. The molecule has 0 saturated carbocycles. The maximum absolute atomic E-state index is 12.7. The van der Waals surface area contributed by atoms with E-state index in [1.807, 2.05) is 0 Å². The molecule has 0 aliphatic heterocycles. The van der Waals surface area contributed by atoms with Crippen molar-refractivity contribution in [1.82, 2.24) is 4.98 Å². The van der Waals surface area contributed by atoms with Crippen LogP contribution in [-0.2, 0) is 6.18 Å². The lowest BCUT2D eigenvalue weighted by molar-refractivity contribution is -0.137. The van der Waals surface area contributed by atoms with E-state index in [0.717, 1.165) is 18.3 Å². The van der Waals surface area contributed by atoms with Gasteiger partial charge < -0.3 is 15.7 Å². The van der Waals surface area contributed by atoms with Crippen LogP contribution in [0.4, 0.5) is 13.2 Å². The van der Waals surface area contributed by atoms with Crippen LogP contribution in [-0.4, -0.2) is 16.0 Å². The van der Waals surface area contributed by atoms with E-state index in [9.17, 15) is 13.2 Å². The van der Waals surface area contributed by atoms with Crippen molar-refractivity contribution in [3.63, 3.8) is 0 Å². The fourth-order valence-electron chi connectivity index (χ4n) is 1.62. The van der Waals surface area contributed by atoms with E-state index in [1.54, 1.807) is 0 Å². The summed E-state index contributed by atoms with van der Waals surface area (Å²) in [6.45, 7) is 0. The number of ether oxygens (including phenoxy) is 1. The van der Waals surface area contributed by atoms with Gasteiger partial charge in [0.25, 0.3) is 0 Å². The van der Waals surface area contributed by atoms with Crippen LogP contribution in [0.5, 0.6) is 11.5 Å². The normalized spacial score (nSPS) is 12.3. The highest BCUT2D eigenvalue weighted by Crippen LogP contribution is 2.33. The van der Waals surface area contributed by atoms with Gasteiger partial charge in [-0.2, -0.15) is 13.2 Å². The molecule has 0 fully saturated rings. The summed E-state index contributed by atoms with van der Waals surface area (Å²) in [5, 5.41) is 11.6. The second-order valence-corrected chi connectivity index (χ2v) is 4.50. The molecule has 0 aliphatic rings. The summed E-state index contributed by atoms with van der Waals surface area (Å²) in [6, 6.07) is 5.53. The Balaban J connectivity index is 2.40. The number of aromatic nitrogens is 1. The van der Waals surface area contributed by atoms with E-state index in [2.05, 4.69) is 10.1 Å². The van der Waals surface area contributed by atoms with E-state index in [-0.39, 0.29) is 28.1 Å². The van der Waals surface area contributed by atoms with Gasteiger partial charge in [-0.1, -0.05) is 22.8 Å². The minimum absolute atomic E-state index is 0.000903. The fourth-order valence-corrected chi connectivity index (χ4v) is 1.77. The zero-order valence-corrected chi connectivity index (χ0v) is 11.6. The zero-order chi connectivity index (χ0) is 16.3. The maximum atomic E-state index is 12.7. The predicted octanol–water partition coefficient (Wildman–Crippen LogP) is 3.64. The smallest absolute Gasteiger partial charge is 0.416 e. The highest BCUT2D eigenvalue weighted by Gasteiger charge is 2.30. The molecule has 3 N–H and O–H groups in total. The number of halogens is 4. The first-order valence-corrected chi connectivity index (χ1v) is 6.17. The van der Waals surface area contributed by atoms with Gasteiger partial charge in [0.2, 0.25) is 0 Å². The summed E-state index contributed by atoms with van der Waals surface area (Å²) < 4.78 is 43.3. The van der Waals surface area contributed by atoms with Gasteiger partial charge in [0.05, 0.1) is 17.3 Å². The monoisotopic (exact) mass is 331 g/mol. The number of pyridine rings is 1. The molecular weight excluding hydrogens is 323 g/mol. The second-order valence-electron chi connectivity index (χ2n) is 4.12. The molecule has 0 spiro atoms. The number of nitrogens with zero attached hydrogens (tertiary/aromatic N) is 2. The zero-order valence-electron chi connectivity index (χ0n) is 10.8. The summed E-state index contributed by atoms with van der Waals surface area (Å²) in [5.74, 6) is -0.392. The first kappa shape index (κ1) is 15.9. The lowest BCUT2D eigenvalue weighted by atomic mass is 10.2. The first-order chi connectivity index (χ1) is 10.3. The summed E-state index contributed by atoms with van der Waals surface area (Å²) in [7, 11) is 0. The lowest BCUT2D eigenvalue weighted by Gasteiger charge is -2.12. The first-order valence-electron chi connectivity index (χ1n) is 5.80. The second kappa shape index (κ2) is 6.10. The highest BCUT2D eigenvalue weighted by atomic mass is 35.5. The van der Waals surface area contributed by atoms with E-state index in [1.165, 1.54) is 18.2 Å². The molecule has 0 aliphatic carbocycles. The van der Waals surface area contributed by atoms with Crippen LogP contribution in [0.2, 0.25) is 5.15 Å². The average molecular weight is 332 g/mol.